The Morgan fingerprint density at radius 2 is 1.70 bits per heavy atom. The first-order valence-corrected chi connectivity index (χ1v) is 13.2. The number of hydrogen-bond acceptors (Lipinski definition) is 7. The van der Waals surface area contributed by atoms with Crippen LogP contribution < -0.4 is 0 Å². The van der Waals surface area contributed by atoms with E-state index in [1.54, 1.807) is 17.5 Å². The van der Waals surface area contributed by atoms with E-state index in [1.807, 2.05) is 30.3 Å². The zero-order valence-electron chi connectivity index (χ0n) is 16.0. The molecule has 7 nitrogen and oxygen atoms in total. The molecule has 0 radical (unpaired) electrons. The van der Waals surface area contributed by atoms with Crippen LogP contribution in [0.15, 0.2) is 69.2 Å². The van der Waals surface area contributed by atoms with Crippen molar-refractivity contribution in [3.05, 3.63) is 65.5 Å². The standard InChI is InChI=1S/C20H20N2O5S3/c23-29(24,20-21-19(14-28-20)17-6-2-1-3-7-17)15-16-5-4-8-18(13-16)30(25,26)22-9-11-27-12-10-22/h1-8,13-14H,9-12,15H2. The van der Waals surface area contributed by atoms with Crippen molar-refractivity contribution in [3.63, 3.8) is 0 Å². The minimum Gasteiger partial charge on any atom is -0.379 e. The minimum atomic E-state index is -3.71. The molecule has 1 aromatic heterocycles. The molecular formula is C20H20N2O5S3. The van der Waals surface area contributed by atoms with E-state index in [2.05, 4.69) is 4.98 Å². The van der Waals surface area contributed by atoms with Gasteiger partial charge in [-0.2, -0.15) is 4.31 Å². The monoisotopic (exact) mass is 464 g/mol. The predicted octanol–water partition coefficient (Wildman–Crippen LogP) is 2.80. The lowest BCUT2D eigenvalue weighted by molar-refractivity contribution is 0.0730. The number of benzene rings is 2. The summed E-state index contributed by atoms with van der Waals surface area (Å²) in [6, 6.07) is 15.4. The summed E-state index contributed by atoms with van der Waals surface area (Å²) in [7, 11) is -7.40. The molecule has 158 valence electrons. The van der Waals surface area contributed by atoms with Crippen LogP contribution in [-0.4, -0.2) is 52.4 Å². The molecule has 0 spiro atoms. The van der Waals surface area contributed by atoms with Gasteiger partial charge in [-0.3, -0.25) is 0 Å². The Morgan fingerprint density at radius 1 is 0.967 bits per heavy atom. The molecule has 0 unspecified atom stereocenters. The van der Waals surface area contributed by atoms with E-state index < -0.39 is 19.9 Å². The van der Waals surface area contributed by atoms with Crippen molar-refractivity contribution in [3.8, 4) is 11.3 Å². The SMILES string of the molecule is O=S(=O)(Cc1cccc(S(=O)(=O)N2CCOCC2)c1)c1nc(-c2ccccc2)cs1. The van der Waals surface area contributed by atoms with Crippen molar-refractivity contribution in [2.24, 2.45) is 0 Å². The average Bonchev–Trinajstić information content (AvgIpc) is 3.26. The Morgan fingerprint density at radius 3 is 2.43 bits per heavy atom. The second-order valence-electron chi connectivity index (χ2n) is 6.79. The van der Waals surface area contributed by atoms with Gasteiger partial charge < -0.3 is 4.74 Å². The Kier molecular flexibility index (Phi) is 6.03. The van der Waals surface area contributed by atoms with Crippen LogP contribution in [0.3, 0.4) is 0 Å². The number of rotatable bonds is 6. The van der Waals surface area contributed by atoms with E-state index in [0.29, 0.717) is 24.5 Å². The molecule has 0 amide bonds. The van der Waals surface area contributed by atoms with Crippen molar-refractivity contribution in [2.45, 2.75) is 15.0 Å². The molecule has 30 heavy (non-hydrogen) atoms. The Balaban J connectivity index is 1.57. The second kappa shape index (κ2) is 8.56. The number of sulfonamides is 1. The molecule has 1 aliphatic rings. The fraction of sp³-hybridized carbons (Fsp3) is 0.250. The van der Waals surface area contributed by atoms with Gasteiger partial charge in [-0.05, 0) is 17.7 Å². The molecule has 3 aromatic rings. The maximum absolute atomic E-state index is 12.9. The number of hydrogen-bond donors (Lipinski definition) is 0. The molecule has 2 aromatic carbocycles. The van der Waals surface area contributed by atoms with E-state index >= 15 is 0 Å². The maximum Gasteiger partial charge on any atom is 0.243 e. The number of sulfone groups is 1. The van der Waals surface area contributed by atoms with Gasteiger partial charge in [-0.25, -0.2) is 21.8 Å². The quantitative estimate of drug-likeness (QED) is 0.557. The predicted molar refractivity (Wildman–Crippen MR) is 114 cm³/mol. The van der Waals surface area contributed by atoms with Crippen molar-refractivity contribution in [1.82, 2.24) is 9.29 Å². The first-order valence-electron chi connectivity index (χ1n) is 9.27. The van der Waals surface area contributed by atoms with Crippen LogP contribution in [0.1, 0.15) is 5.56 Å². The van der Waals surface area contributed by atoms with E-state index in [1.165, 1.54) is 16.4 Å². The van der Waals surface area contributed by atoms with Crippen LogP contribution in [0.5, 0.6) is 0 Å². The summed E-state index contributed by atoms with van der Waals surface area (Å²) in [6.45, 7) is 1.26. The zero-order valence-corrected chi connectivity index (χ0v) is 18.4. The lowest BCUT2D eigenvalue weighted by Gasteiger charge is -2.26. The van der Waals surface area contributed by atoms with Crippen molar-refractivity contribution >= 4 is 31.2 Å². The number of morpholine rings is 1. The van der Waals surface area contributed by atoms with Crippen LogP contribution in [0, 0.1) is 0 Å². The third-order valence-electron chi connectivity index (χ3n) is 4.68. The van der Waals surface area contributed by atoms with Gasteiger partial charge in [-0.15, -0.1) is 11.3 Å². The van der Waals surface area contributed by atoms with E-state index in [4.69, 9.17) is 4.74 Å². The normalized spacial score (nSPS) is 15.9. The van der Waals surface area contributed by atoms with Crippen molar-refractivity contribution in [2.75, 3.05) is 26.3 Å². The molecule has 1 aliphatic heterocycles. The molecular weight excluding hydrogens is 444 g/mol. The highest BCUT2D eigenvalue weighted by atomic mass is 32.2. The Hall–Kier alpha value is -2.11. The second-order valence-corrected chi connectivity index (χ2v) is 11.7. The van der Waals surface area contributed by atoms with Crippen LogP contribution >= 0.6 is 11.3 Å². The van der Waals surface area contributed by atoms with Gasteiger partial charge in [0.05, 0.1) is 29.6 Å². The summed E-state index contributed by atoms with van der Waals surface area (Å²) in [4.78, 5) is 4.37. The molecule has 4 rings (SSSR count). The highest BCUT2D eigenvalue weighted by Gasteiger charge is 2.27. The summed E-state index contributed by atoms with van der Waals surface area (Å²) in [5.74, 6) is -0.318. The Labute approximate surface area is 179 Å². The summed E-state index contributed by atoms with van der Waals surface area (Å²) < 4.78 is 58.0. The van der Waals surface area contributed by atoms with E-state index in [0.717, 1.165) is 16.9 Å². The Bertz CT molecular complexity index is 1230. The molecule has 0 atom stereocenters. The van der Waals surface area contributed by atoms with Crippen LogP contribution in [-0.2, 0) is 30.4 Å². The topological polar surface area (TPSA) is 93.6 Å². The largest absolute Gasteiger partial charge is 0.379 e. The maximum atomic E-state index is 12.9. The van der Waals surface area contributed by atoms with Crippen molar-refractivity contribution in [1.29, 1.82) is 0 Å². The number of aromatic nitrogens is 1. The first kappa shape index (κ1) is 21.1. The summed E-state index contributed by atoms with van der Waals surface area (Å²) in [6.07, 6.45) is 0. The number of ether oxygens (including phenoxy) is 1. The molecule has 0 bridgehead atoms. The smallest absolute Gasteiger partial charge is 0.243 e. The van der Waals surface area contributed by atoms with Gasteiger partial charge in [0.1, 0.15) is 0 Å². The van der Waals surface area contributed by atoms with Gasteiger partial charge in [0.15, 0.2) is 0 Å². The highest BCUT2D eigenvalue weighted by molar-refractivity contribution is 7.92. The third kappa shape index (κ3) is 4.47. The third-order valence-corrected chi connectivity index (χ3v) is 9.60. The van der Waals surface area contributed by atoms with Crippen LogP contribution in [0.2, 0.25) is 0 Å². The lowest BCUT2D eigenvalue weighted by atomic mass is 10.2. The first-order chi connectivity index (χ1) is 14.4. The van der Waals surface area contributed by atoms with E-state index in [9.17, 15) is 16.8 Å². The summed E-state index contributed by atoms with van der Waals surface area (Å²) in [5.41, 5.74) is 1.84. The molecule has 1 fully saturated rings. The minimum absolute atomic E-state index is 0.0165. The molecule has 0 aliphatic carbocycles. The number of thiazole rings is 1. The van der Waals surface area contributed by atoms with Gasteiger partial charge >= 0.3 is 0 Å². The van der Waals surface area contributed by atoms with Crippen LogP contribution in [0.4, 0.5) is 0 Å². The zero-order chi connectivity index (χ0) is 21.2. The summed E-state index contributed by atoms with van der Waals surface area (Å²) in [5, 5.41) is 1.71. The van der Waals surface area contributed by atoms with Gasteiger partial charge in [0, 0.05) is 24.0 Å². The lowest BCUT2D eigenvalue weighted by Crippen LogP contribution is -2.40. The molecule has 0 saturated carbocycles. The average molecular weight is 465 g/mol. The molecule has 2 heterocycles. The molecule has 0 N–H and O–H groups in total. The number of nitrogens with zero attached hydrogens (tertiary/aromatic N) is 2. The summed E-state index contributed by atoms with van der Waals surface area (Å²) >= 11 is 1.06. The van der Waals surface area contributed by atoms with Crippen LogP contribution in [0.25, 0.3) is 11.3 Å². The van der Waals surface area contributed by atoms with E-state index in [-0.39, 0.29) is 28.1 Å². The highest BCUT2D eigenvalue weighted by Crippen LogP contribution is 2.27. The molecule has 10 heteroatoms. The van der Waals surface area contributed by atoms with Gasteiger partial charge in [-0.1, -0.05) is 42.5 Å². The van der Waals surface area contributed by atoms with Gasteiger partial charge in [0.2, 0.25) is 24.2 Å². The molecule has 1 saturated heterocycles. The van der Waals surface area contributed by atoms with Gasteiger partial charge in [0.25, 0.3) is 0 Å². The van der Waals surface area contributed by atoms with Crippen molar-refractivity contribution < 1.29 is 21.6 Å². The fourth-order valence-electron chi connectivity index (χ4n) is 3.15. The fourth-order valence-corrected chi connectivity index (χ4v) is 7.07.